The molecular formula is C29H47ClN4O6. The molecule has 5 N–H and O–H groups in total. The van der Waals surface area contributed by atoms with Crippen LogP contribution < -0.4 is 21.1 Å². The third-order valence-electron chi connectivity index (χ3n) is 7.42. The smallest absolute Gasteiger partial charge is 0.303 e. The molecule has 2 amide bonds. The number of piperidine rings is 1. The third-order valence-corrected chi connectivity index (χ3v) is 7.75. The number of methoxy groups -OCH3 is 2. The summed E-state index contributed by atoms with van der Waals surface area (Å²) in [7, 11) is 3.15. The van der Waals surface area contributed by atoms with Gasteiger partial charge in [-0.15, -0.1) is 0 Å². The van der Waals surface area contributed by atoms with Crippen LogP contribution in [0.3, 0.4) is 0 Å². The normalized spacial score (nSPS) is 18.2. The van der Waals surface area contributed by atoms with Gasteiger partial charge in [0.05, 0.1) is 35.5 Å². The number of carboxylic acid groups (broad SMARTS) is 1. The van der Waals surface area contributed by atoms with Gasteiger partial charge in [0.25, 0.3) is 5.91 Å². The fraction of sp³-hybridized carbons (Fsp3) is 0.690. The van der Waals surface area contributed by atoms with E-state index in [4.69, 9.17) is 31.9 Å². The lowest BCUT2D eigenvalue weighted by Gasteiger charge is -2.38. The van der Waals surface area contributed by atoms with Crippen LogP contribution in [0, 0.1) is 5.92 Å². The SMILES string of the molecule is COc1cc(N)c(Cl)cc1C(=O)N[C@@H]1CCN(CCCC(C)CC(=O)NCCCCCCCC(=O)O)C[C@@H]1OC. The highest BCUT2D eigenvalue weighted by Crippen LogP contribution is 2.29. The summed E-state index contributed by atoms with van der Waals surface area (Å²) in [6.45, 7) is 5.25. The van der Waals surface area contributed by atoms with Crippen LogP contribution in [0.4, 0.5) is 5.69 Å². The second-order valence-corrected chi connectivity index (χ2v) is 11.1. The molecule has 226 valence electrons. The number of unbranched alkanes of at least 4 members (excludes halogenated alkanes) is 4. The Morgan fingerprint density at radius 2 is 1.88 bits per heavy atom. The summed E-state index contributed by atoms with van der Waals surface area (Å²) in [5.41, 5.74) is 6.53. The number of nitrogens with two attached hydrogens (primary N) is 1. The predicted octanol–water partition coefficient (Wildman–Crippen LogP) is 4.10. The van der Waals surface area contributed by atoms with E-state index in [1.807, 2.05) is 0 Å². The fourth-order valence-corrected chi connectivity index (χ4v) is 5.23. The Morgan fingerprint density at radius 3 is 2.58 bits per heavy atom. The Kier molecular flexibility index (Phi) is 15.1. The Labute approximate surface area is 243 Å². The van der Waals surface area contributed by atoms with E-state index in [-0.39, 0.29) is 30.4 Å². The van der Waals surface area contributed by atoms with Crippen LogP contribution in [-0.2, 0) is 14.3 Å². The van der Waals surface area contributed by atoms with Gasteiger partial charge in [-0.3, -0.25) is 14.4 Å². The summed E-state index contributed by atoms with van der Waals surface area (Å²) in [4.78, 5) is 38.1. The summed E-state index contributed by atoms with van der Waals surface area (Å²) < 4.78 is 11.0. The Bertz CT molecular complexity index is 963. The Hall–Kier alpha value is -2.56. The molecule has 11 heteroatoms. The first-order chi connectivity index (χ1) is 19.1. The zero-order valence-electron chi connectivity index (χ0n) is 24.2. The second kappa shape index (κ2) is 18.0. The number of nitrogens with one attached hydrogen (secondary N) is 2. The molecule has 3 atom stereocenters. The molecule has 0 saturated carbocycles. The minimum Gasteiger partial charge on any atom is -0.496 e. The molecule has 2 rings (SSSR count). The van der Waals surface area contributed by atoms with Crippen molar-refractivity contribution in [1.82, 2.24) is 15.5 Å². The average molecular weight is 583 g/mol. The third kappa shape index (κ3) is 11.9. The van der Waals surface area contributed by atoms with Gasteiger partial charge in [0.15, 0.2) is 0 Å². The van der Waals surface area contributed by atoms with Crippen LogP contribution in [0.5, 0.6) is 5.75 Å². The lowest BCUT2D eigenvalue weighted by atomic mass is 9.98. The molecule has 1 aromatic rings. The molecule has 1 aliphatic heterocycles. The predicted molar refractivity (Wildman–Crippen MR) is 157 cm³/mol. The van der Waals surface area contributed by atoms with Crippen LogP contribution in [0.2, 0.25) is 5.02 Å². The van der Waals surface area contributed by atoms with Crippen LogP contribution in [0.15, 0.2) is 12.1 Å². The summed E-state index contributed by atoms with van der Waals surface area (Å²) in [5.74, 6) is -0.253. The molecule has 1 heterocycles. The van der Waals surface area contributed by atoms with Crippen LogP contribution >= 0.6 is 11.6 Å². The van der Waals surface area contributed by atoms with Crippen molar-refractivity contribution in [3.63, 3.8) is 0 Å². The maximum atomic E-state index is 13.0. The summed E-state index contributed by atoms with van der Waals surface area (Å²) in [6, 6.07) is 2.94. The van der Waals surface area contributed by atoms with E-state index < -0.39 is 5.97 Å². The number of carbonyl (C=O) groups is 3. The number of anilines is 1. The molecule has 1 aromatic carbocycles. The van der Waals surface area contributed by atoms with E-state index in [0.29, 0.717) is 47.5 Å². The highest BCUT2D eigenvalue weighted by molar-refractivity contribution is 6.33. The zero-order valence-corrected chi connectivity index (χ0v) is 24.9. The number of hydrogen-bond donors (Lipinski definition) is 4. The minimum absolute atomic E-state index is 0.0911. The van der Waals surface area contributed by atoms with E-state index in [0.717, 1.165) is 64.5 Å². The van der Waals surface area contributed by atoms with Gasteiger partial charge in [0, 0.05) is 45.7 Å². The number of halogens is 1. The van der Waals surface area contributed by atoms with E-state index in [9.17, 15) is 14.4 Å². The average Bonchev–Trinajstić information content (AvgIpc) is 2.91. The highest BCUT2D eigenvalue weighted by Gasteiger charge is 2.31. The molecule has 0 aromatic heterocycles. The lowest BCUT2D eigenvalue weighted by molar-refractivity contribution is -0.137. The molecule has 1 unspecified atom stereocenters. The Balaban J connectivity index is 1.65. The van der Waals surface area contributed by atoms with Crippen LogP contribution in [-0.4, -0.2) is 80.3 Å². The largest absolute Gasteiger partial charge is 0.496 e. The molecule has 0 spiro atoms. The van der Waals surface area contributed by atoms with Gasteiger partial charge in [-0.25, -0.2) is 0 Å². The zero-order chi connectivity index (χ0) is 29.5. The van der Waals surface area contributed by atoms with Gasteiger partial charge in [0.2, 0.25) is 5.91 Å². The van der Waals surface area contributed by atoms with Gasteiger partial charge in [-0.05, 0) is 50.6 Å². The molecular weight excluding hydrogens is 536 g/mol. The van der Waals surface area contributed by atoms with Crippen molar-refractivity contribution in [2.45, 2.75) is 83.3 Å². The second-order valence-electron chi connectivity index (χ2n) is 10.7. The van der Waals surface area contributed by atoms with Crippen molar-refractivity contribution in [3.05, 3.63) is 22.7 Å². The molecule has 1 aliphatic rings. The quantitative estimate of drug-likeness (QED) is 0.150. The standard InChI is InChI=1S/C29H47ClN4O6/c1-20(16-27(35)32-13-8-6-4-5-7-11-28(36)37)10-9-14-34-15-12-24(26(19-34)40-3)33-29(38)21-17-22(30)23(31)18-25(21)39-2/h17-18,20,24,26H,4-16,19,31H2,1-3H3,(H,32,35)(H,33,38)(H,36,37)/t20?,24-,26+/m1/s1. The van der Waals surface area contributed by atoms with Gasteiger partial charge >= 0.3 is 5.97 Å². The topological polar surface area (TPSA) is 143 Å². The summed E-state index contributed by atoms with van der Waals surface area (Å²) in [6.07, 6.45) is 7.87. The number of rotatable bonds is 18. The molecule has 0 radical (unpaired) electrons. The highest BCUT2D eigenvalue weighted by atomic mass is 35.5. The fourth-order valence-electron chi connectivity index (χ4n) is 5.06. The first-order valence-corrected chi connectivity index (χ1v) is 14.7. The summed E-state index contributed by atoms with van der Waals surface area (Å²) >= 11 is 6.13. The number of hydrogen-bond acceptors (Lipinski definition) is 7. The maximum Gasteiger partial charge on any atom is 0.303 e. The number of benzene rings is 1. The molecule has 10 nitrogen and oxygen atoms in total. The number of aliphatic carboxylic acids is 1. The van der Waals surface area contributed by atoms with Crippen molar-refractivity contribution in [3.8, 4) is 5.75 Å². The van der Waals surface area contributed by atoms with Crippen molar-refractivity contribution in [1.29, 1.82) is 0 Å². The monoisotopic (exact) mass is 582 g/mol. The van der Waals surface area contributed by atoms with Gasteiger partial charge in [-0.1, -0.05) is 37.8 Å². The van der Waals surface area contributed by atoms with Gasteiger partial charge in [0.1, 0.15) is 5.75 Å². The number of likely N-dealkylation sites (tertiary alicyclic amines) is 1. The van der Waals surface area contributed by atoms with Crippen molar-refractivity contribution >= 4 is 35.1 Å². The van der Waals surface area contributed by atoms with Crippen LogP contribution in [0.1, 0.15) is 81.5 Å². The van der Waals surface area contributed by atoms with Crippen LogP contribution in [0.25, 0.3) is 0 Å². The molecule has 1 saturated heterocycles. The summed E-state index contributed by atoms with van der Waals surface area (Å²) in [5, 5.41) is 15.0. The Morgan fingerprint density at radius 1 is 1.15 bits per heavy atom. The molecule has 0 aliphatic carbocycles. The van der Waals surface area contributed by atoms with Crippen molar-refractivity contribution < 1.29 is 29.0 Å². The number of amides is 2. The lowest BCUT2D eigenvalue weighted by Crippen LogP contribution is -2.54. The first kappa shape index (κ1) is 33.6. The van der Waals surface area contributed by atoms with E-state index in [2.05, 4.69) is 22.5 Å². The number of ether oxygens (including phenoxy) is 2. The molecule has 0 bridgehead atoms. The van der Waals surface area contributed by atoms with Crippen molar-refractivity contribution in [2.75, 3.05) is 46.1 Å². The van der Waals surface area contributed by atoms with E-state index >= 15 is 0 Å². The number of carbonyl (C=O) groups excluding carboxylic acids is 2. The van der Waals surface area contributed by atoms with Crippen molar-refractivity contribution in [2.24, 2.45) is 5.92 Å². The first-order valence-electron chi connectivity index (χ1n) is 14.3. The minimum atomic E-state index is -0.741. The number of nitrogens with zero attached hydrogens (tertiary/aromatic N) is 1. The molecule has 1 fully saturated rings. The van der Waals surface area contributed by atoms with E-state index in [1.165, 1.54) is 13.2 Å². The molecule has 40 heavy (non-hydrogen) atoms. The van der Waals surface area contributed by atoms with Gasteiger partial charge in [-0.2, -0.15) is 0 Å². The van der Waals surface area contributed by atoms with E-state index in [1.54, 1.807) is 13.2 Å². The number of carboxylic acids is 1. The number of nitrogen functional groups attached to an aromatic ring is 1. The maximum absolute atomic E-state index is 13.0. The van der Waals surface area contributed by atoms with Gasteiger partial charge < -0.3 is 35.8 Å².